The predicted octanol–water partition coefficient (Wildman–Crippen LogP) is 0.656. The molecule has 94 valence electrons. The van der Waals surface area contributed by atoms with Crippen LogP contribution in [0.15, 0.2) is 0 Å². The molecule has 3 fully saturated rings. The van der Waals surface area contributed by atoms with Crippen molar-refractivity contribution in [2.75, 3.05) is 25.9 Å². The topological polar surface area (TPSA) is 49.4 Å². The first-order chi connectivity index (χ1) is 7.49. The third kappa shape index (κ3) is 2.76. The fraction of sp³-hybridized carbons (Fsp3) is 1.00. The van der Waals surface area contributed by atoms with Gasteiger partial charge in [0.25, 0.3) is 0 Å². The van der Waals surface area contributed by atoms with Crippen LogP contribution in [0.3, 0.4) is 0 Å². The fourth-order valence-corrected chi connectivity index (χ4v) is 3.67. The Labute approximate surface area is 98.4 Å². The van der Waals surface area contributed by atoms with Gasteiger partial charge in [0, 0.05) is 19.1 Å². The van der Waals surface area contributed by atoms with Gasteiger partial charge < -0.3 is 0 Å². The molecule has 0 aliphatic carbocycles. The van der Waals surface area contributed by atoms with Crippen molar-refractivity contribution in [3.05, 3.63) is 0 Å². The number of nitrogens with one attached hydrogen (secondary N) is 1. The normalized spacial score (nSPS) is 38.9. The summed E-state index contributed by atoms with van der Waals surface area (Å²) in [4.78, 5) is 2.46. The van der Waals surface area contributed by atoms with Crippen molar-refractivity contribution in [1.82, 2.24) is 9.62 Å². The smallest absolute Gasteiger partial charge is 0.208 e. The molecule has 0 aromatic rings. The molecule has 3 rings (SSSR count). The molecule has 1 N–H and O–H groups in total. The molecule has 0 saturated carbocycles. The minimum atomic E-state index is -3.04. The lowest BCUT2D eigenvalue weighted by molar-refractivity contribution is 0.00238. The first-order valence-electron chi connectivity index (χ1n) is 6.18. The van der Waals surface area contributed by atoms with E-state index in [9.17, 15) is 8.42 Å². The molecule has 5 heteroatoms. The predicted molar refractivity (Wildman–Crippen MR) is 64.7 cm³/mol. The van der Waals surface area contributed by atoms with Crippen LogP contribution in [0.5, 0.6) is 0 Å². The number of piperidine rings is 3. The Hall–Kier alpha value is -0.130. The summed E-state index contributed by atoms with van der Waals surface area (Å²) >= 11 is 0. The van der Waals surface area contributed by atoms with Crippen molar-refractivity contribution < 1.29 is 8.42 Å². The maximum Gasteiger partial charge on any atom is 0.208 e. The number of hydrogen-bond donors (Lipinski definition) is 1. The molecule has 16 heavy (non-hydrogen) atoms. The highest BCUT2D eigenvalue weighted by atomic mass is 32.2. The molecule has 3 aliphatic heterocycles. The second kappa shape index (κ2) is 4.63. The van der Waals surface area contributed by atoms with Gasteiger partial charge in [-0.15, -0.1) is 0 Å². The lowest BCUT2D eigenvalue weighted by Gasteiger charge is -2.49. The van der Waals surface area contributed by atoms with Gasteiger partial charge in [-0.25, -0.2) is 13.1 Å². The number of fused-ring (bicyclic) bond motifs is 3. The number of rotatable bonds is 4. The van der Waals surface area contributed by atoms with Gasteiger partial charge in [0.2, 0.25) is 10.0 Å². The SMILES string of the molecule is CC[C@H]1CN2CC[C@@H]1C[C@@H]2CNS(C)(=O)=O. The van der Waals surface area contributed by atoms with E-state index in [1.165, 1.54) is 25.5 Å². The molecular formula is C11H22N2O2S. The van der Waals surface area contributed by atoms with Crippen molar-refractivity contribution in [2.24, 2.45) is 11.8 Å². The molecule has 0 amide bonds. The molecule has 4 nitrogen and oxygen atoms in total. The summed E-state index contributed by atoms with van der Waals surface area (Å²) in [6.45, 7) is 5.16. The Kier molecular flexibility index (Phi) is 3.56. The standard InChI is InChI=1S/C11H22N2O2S/c1-3-9-8-13-5-4-10(9)6-11(13)7-12-16(2,14)15/h9-12H,3-8H2,1-2H3/t9-,10+,11+/m0/s1. The Morgan fingerprint density at radius 1 is 1.44 bits per heavy atom. The van der Waals surface area contributed by atoms with Gasteiger partial charge in [-0.3, -0.25) is 4.90 Å². The molecule has 3 saturated heterocycles. The van der Waals surface area contributed by atoms with Gasteiger partial charge in [-0.2, -0.15) is 0 Å². The van der Waals surface area contributed by atoms with Crippen LogP contribution in [0.1, 0.15) is 26.2 Å². The van der Waals surface area contributed by atoms with Crippen LogP contribution in [-0.4, -0.2) is 45.2 Å². The average Bonchev–Trinajstić information content (AvgIpc) is 2.26. The second-order valence-electron chi connectivity index (χ2n) is 5.22. The van der Waals surface area contributed by atoms with E-state index in [1.54, 1.807) is 0 Å². The molecule has 0 aromatic heterocycles. The summed E-state index contributed by atoms with van der Waals surface area (Å²) in [5.74, 6) is 1.66. The molecule has 0 spiro atoms. The summed E-state index contributed by atoms with van der Waals surface area (Å²) in [7, 11) is -3.04. The molecule has 4 atom stereocenters. The Morgan fingerprint density at radius 2 is 2.19 bits per heavy atom. The first-order valence-corrected chi connectivity index (χ1v) is 8.07. The Balaban J connectivity index is 1.90. The van der Waals surface area contributed by atoms with Gasteiger partial charge in [0.05, 0.1) is 6.26 Å². The third-order valence-electron chi connectivity index (χ3n) is 4.12. The highest BCUT2D eigenvalue weighted by Gasteiger charge is 2.38. The van der Waals surface area contributed by atoms with Gasteiger partial charge in [-0.1, -0.05) is 13.3 Å². The van der Waals surface area contributed by atoms with E-state index < -0.39 is 10.0 Å². The molecule has 0 aromatic carbocycles. The zero-order valence-electron chi connectivity index (χ0n) is 10.1. The van der Waals surface area contributed by atoms with Crippen molar-refractivity contribution >= 4 is 10.0 Å². The van der Waals surface area contributed by atoms with Crippen molar-refractivity contribution in [2.45, 2.75) is 32.2 Å². The molecule has 1 unspecified atom stereocenters. The van der Waals surface area contributed by atoms with Gasteiger partial charge in [0.1, 0.15) is 0 Å². The Morgan fingerprint density at radius 3 is 2.69 bits per heavy atom. The zero-order chi connectivity index (χ0) is 11.8. The summed E-state index contributed by atoms with van der Waals surface area (Å²) < 4.78 is 24.8. The van der Waals surface area contributed by atoms with Crippen LogP contribution < -0.4 is 4.72 Å². The van der Waals surface area contributed by atoms with Crippen LogP contribution in [0.4, 0.5) is 0 Å². The summed E-state index contributed by atoms with van der Waals surface area (Å²) in [6.07, 6.45) is 4.96. The van der Waals surface area contributed by atoms with Crippen LogP contribution in [0.25, 0.3) is 0 Å². The van der Waals surface area contributed by atoms with E-state index in [0.717, 1.165) is 24.9 Å². The Bertz CT molecular complexity index is 342. The maximum absolute atomic E-state index is 11.1. The number of hydrogen-bond acceptors (Lipinski definition) is 3. The van der Waals surface area contributed by atoms with E-state index >= 15 is 0 Å². The van der Waals surface area contributed by atoms with Crippen LogP contribution in [0, 0.1) is 11.8 Å². The lowest BCUT2D eigenvalue weighted by Crippen LogP contribution is -2.56. The first kappa shape index (κ1) is 12.3. The van der Waals surface area contributed by atoms with Crippen molar-refractivity contribution in [3.8, 4) is 0 Å². The van der Waals surface area contributed by atoms with E-state index in [-0.39, 0.29) is 0 Å². The van der Waals surface area contributed by atoms with E-state index in [1.807, 2.05) is 0 Å². The van der Waals surface area contributed by atoms with E-state index in [4.69, 9.17) is 0 Å². The van der Waals surface area contributed by atoms with E-state index in [0.29, 0.717) is 12.6 Å². The number of sulfonamides is 1. The summed E-state index contributed by atoms with van der Waals surface area (Å²) in [5.41, 5.74) is 0. The molecule has 3 aliphatic rings. The van der Waals surface area contributed by atoms with E-state index in [2.05, 4.69) is 16.5 Å². The van der Waals surface area contributed by atoms with Crippen molar-refractivity contribution in [3.63, 3.8) is 0 Å². The quantitative estimate of drug-likeness (QED) is 0.792. The molecular weight excluding hydrogens is 224 g/mol. The highest BCUT2D eigenvalue weighted by molar-refractivity contribution is 7.88. The van der Waals surface area contributed by atoms with Gasteiger partial charge in [0.15, 0.2) is 0 Å². The maximum atomic E-state index is 11.1. The highest BCUT2D eigenvalue weighted by Crippen LogP contribution is 2.37. The molecule has 0 radical (unpaired) electrons. The lowest BCUT2D eigenvalue weighted by atomic mass is 9.74. The monoisotopic (exact) mass is 246 g/mol. The molecule has 3 heterocycles. The zero-order valence-corrected chi connectivity index (χ0v) is 11.0. The van der Waals surface area contributed by atoms with Gasteiger partial charge in [-0.05, 0) is 31.2 Å². The minimum absolute atomic E-state index is 0.427. The van der Waals surface area contributed by atoms with Crippen LogP contribution in [0.2, 0.25) is 0 Å². The van der Waals surface area contributed by atoms with Crippen molar-refractivity contribution in [1.29, 1.82) is 0 Å². The average molecular weight is 246 g/mol. The molecule has 2 bridgehead atoms. The summed E-state index contributed by atoms with van der Waals surface area (Å²) in [6, 6.07) is 0.427. The summed E-state index contributed by atoms with van der Waals surface area (Å²) in [5, 5.41) is 0. The van der Waals surface area contributed by atoms with Crippen LogP contribution >= 0.6 is 0 Å². The van der Waals surface area contributed by atoms with Crippen LogP contribution in [-0.2, 0) is 10.0 Å². The second-order valence-corrected chi connectivity index (χ2v) is 7.06. The third-order valence-corrected chi connectivity index (χ3v) is 4.81. The fourth-order valence-electron chi connectivity index (χ4n) is 3.17. The minimum Gasteiger partial charge on any atom is -0.299 e. The largest absolute Gasteiger partial charge is 0.299 e. The van der Waals surface area contributed by atoms with Gasteiger partial charge >= 0.3 is 0 Å². The number of nitrogens with zero attached hydrogens (tertiary/aromatic N) is 1.